The lowest BCUT2D eigenvalue weighted by molar-refractivity contribution is -0.145. The number of hydrogen-bond acceptors (Lipinski definition) is 6. The van der Waals surface area contributed by atoms with Crippen LogP contribution >= 0.6 is 12.4 Å². The van der Waals surface area contributed by atoms with E-state index in [2.05, 4.69) is 9.47 Å². The quantitative estimate of drug-likeness (QED) is 0.584. The second-order valence-corrected chi connectivity index (χ2v) is 3.14. The van der Waals surface area contributed by atoms with Crippen molar-refractivity contribution < 1.29 is 23.9 Å². The number of halogens is 1. The molecule has 7 heteroatoms. The Bertz CT molecular complexity index is 267. The Morgan fingerprint density at radius 1 is 1.25 bits per heavy atom. The summed E-state index contributed by atoms with van der Waals surface area (Å²) in [6.07, 6.45) is -1.14. The average molecular weight is 254 g/mol. The minimum absolute atomic E-state index is 0. The zero-order chi connectivity index (χ0) is 12.0. The van der Waals surface area contributed by atoms with E-state index >= 15 is 0 Å². The lowest BCUT2D eigenvalue weighted by atomic mass is 10.0. The second kappa shape index (κ2) is 8.06. The third-order valence-electron chi connectivity index (χ3n) is 1.58. The van der Waals surface area contributed by atoms with Gasteiger partial charge in [-0.25, -0.2) is 9.59 Å². The maximum atomic E-state index is 11.2. The van der Waals surface area contributed by atoms with Gasteiger partial charge in [-0.2, -0.15) is 0 Å². The number of carbonyl (C=O) groups is 3. The highest BCUT2D eigenvalue weighted by atomic mass is 35.5. The summed E-state index contributed by atoms with van der Waals surface area (Å²) in [5.74, 6) is -1.97. The fourth-order valence-electron chi connectivity index (χ4n) is 0.768. The third-order valence-corrected chi connectivity index (χ3v) is 1.58. The standard InChI is InChI=1S/C9H15NO5.ClH/c1-4-14-9(13)15-8(12)6(10)7(11)5(2)3;/h5-6H,4,10H2,1-3H3;1H. The number of hydrogen-bond donors (Lipinski definition) is 1. The van der Waals surface area contributed by atoms with Crippen LogP contribution in [0.1, 0.15) is 20.8 Å². The van der Waals surface area contributed by atoms with Crippen LogP contribution in [-0.2, 0) is 19.1 Å². The molecule has 0 aliphatic carbocycles. The van der Waals surface area contributed by atoms with Crippen molar-refractivity contribution in [3.05, 3.63) is 0 Å². The Hall–Kier alpha value is -1.14. The van der Waals surface area contributed by atoms with E-state index in [1.165, 1.54) is 0 Å². The average Bonchev–Trinajstić information content (AvgIpc) is 2.15. The van der Waals surface area contributed by atoms with Gasteiger partial charge in [-0.15, -0.1) is 12.4 Å². The Morgan fingerprint density at radius 2 is 1.75 bits per heavy atom. The maximum absolute atomic E-state index is 11.2. The first-order valence-corrected chi connectivity index (χ1v) is 4.57. The molecule has 1 atom stereocenters. The van der Waals surface area contributed by atoms with Crippen molar-refractivity contribution in [2.75, 3.05) is 6.61 Å². The number of nitrogens with two attached hydrogens (primary N) is 1. The van der Waals surface area contributed by atoms with Crippen LogP contribution in [0.2, 0.25) is 0 Å². The molecular weight excluding hydrogens is 238 g/mol. The molecule has 0 heterocycles. The summed E-state index contributed by atoms with van der Waals surface area (Å²) in [7, 11) is 0. The van der Waals surface area contributed by atoms with Gasteiger partial charge in [0.1, 0.15) is 0 Å². The minimum Gasteiger partial charge on any atom is -0.434 e. The summed E-state index contributed by atoms with van der Waals surface area (Å²) in [5.41, 5.74) is 5.27. The molecule has 0 amide bonds. The molecule has 2 N–H and O–H groups in total. The minimum atomic E-state index is -1.44. The topological polar surface area (TPSA) is 95.7 Å². The highest BCUT2D eigenvalue weighted by Crippen LogP contribution is 2.00. The van der Waals surface area contributed by atoms with Crippen molar-refractivity contribution in [1.82, 2.24) is 0 Å². The molecular formula is C9H16ClNO5. The molecule has 0 saturated heterocycles. The summed E-state index contributed by atoms with van der Waals surface area (Å²) < 4.78 is 8.53. The van der Waals surface area contributed by atoms with Crippen LogP contribution in [0.25, 0.3) is 0 Å². The summed E-state index contributed by atoms with van der Waals surface area (Å²) in [5, 5.41) is 0. The van der Waals surface area contributed by atoms with E-state index < -0.39 is 29.9 Å². The SMILES string of the molecule is CCOC(=O)OC(=O)C(N)C(=O)C(C)C.Cl. The van der Waals surface area contributed by atoms with Crippen LogP contribution in [0.15, 0.2) is 0 Å². The van der Waals surface area contributed by atoms with Gasteiger partial charge in [-0.1, -0.05) is 13.8 Å². The molecule has 0 fully saturated rings. The van der Waals surface area contributed by atoms with E-state index in [9.17, 15) is 14.4 Å². The smallest absolute Gasteiger partial charge is 0.434 e. The van der Waals surface area contributed by atoms with Crippen molar-refractivity contribution >= 4 is 30.3 Å². The maximum Gasteiger partial charge on any atom is 0.516 e. The normalized spacial score (nSPS) is 11.3. The first kappa shape index (κ1) is 17.3. The molecule has 6 nitrogen and oxygen atoms in total. The van der Waals surface area contributed by atoms with Crippen molar-refractivity contribution in [1.29, 1.82) is 0 Å². The van der Waals surface area contributed by atoms with Gasteiger partial charge in [-0.05, 0) is 6.92 Å². The van der Waals surface area contributed by atoms with Gasteiger partial charge < -0.3 is 15.2 Å². The summed E-state index contributed by atoms with van der Waals surface area (Å²) in [4.78, 5) is 33.1. The van der Waals surface area contributed by atoms with Crippen molar-refractivity contribution in [3.8, 4) is 0 Å². The van der Waals surface area contributed by atoms with Crippen LogP contribution < -0.4 is 5.73 Å². The van der Waals surface area contributed by atoms with Gasteiger partial charge >= 0.3 is 12.1 Å². The fourth-order valence-corrected chi connectivity index (χ4v) is 0.768. The van der Waals surface area contributed by atoms with Crippen LogP contribution in [0, 0.1) is 5.92 Å². The predicted octanol–water partition coefficient (Wildman–Crippen LogP) is 0.660. The fraction of sp³-hybridized carbons (Fsp3) is 0.667. The van der Waals surface area contributed by atoms with Gasteiger partial charge in [0.05, 0.1) is 6.61 Å². The van der Waals surface area contributed by atoms with E-state index in [-0.39, 0.29) is 19.0 Å². The molecule has 0 rings (SSSR count). The van der Waals surface area contributed by atoms with E-state index in [4.69, 9.17) is 5.73 Å². The molecule has 1 unspecified atom stereocenters. The van der Waals surface area contributed by atoms with Gasteiger partial charge in [0.25, 0.3) is 0 Å². The molecule has 0 aliphatic rings. The number of Topliss-reactive ketones (excluding diaryl/α,β-unsaturated/α-hetero) is 1. The molecule has 0 aromatic heterocycles. The van der Waals surface area contributed by atoms with Gasteiger partial charge in [0.2, 0.25) is 0 Å². The van der Waals surface area contributed by atoms with Gasteiger partial charge in [0.15, 0.2) is 11.8 Å². The molecule has 0 aromatic rings. The molecule has 0 radical (unpaired) electrons. The van der Waals surface area contributed by atoms with Gasteiger partial charge in [-0.3, -0.25) is 4.79 Å². The Labute approximate surface area is 99.9 Å². The lowest BCUT2D eigenvalue weighted by Crippen LogP contribution is -2.43. The van der Waals surface area contributed by atoms with Crippen LogP contribution in [0.4, 0.5) is 4.79 Å². The molecule has 0 spiro atoms. The van der Waals surface area contributed by atoms with Crippen molar-refractivity contribution in [3.63, 3.8) is 0 Å². The van der Waals surface area contributed by atoms with Crippen molar-refractivity contribution in [2.45, 2.75) is 26.8 Å². The predicted molar refractivity (Wildman–Crippen MR) is 58.2 cm³/mol. The molecule has 0 aliphatic heterocycles. The van der Waals surface area contributed by atoms with Crippen LogP contribution in [0.3, 0.4) is 0 Å². The Balaban J connectivity index is 0. The number of ketones is 1. The van der Waals surface area contributed by atoms with E-state index in [1.54, 1.807) is 20.8 Å². The second-order valence-electron chi connectivity index (χ2n) is 3.14. The number of esters is 1. The Morgan fingerprint density at radius 3 is 2.12 bits per heavy atom. The molecule has 94 valence electrons. The monoisotopic (exact) mass is 253 g/mol. The summed E-state index contributed by atoms with van der Waals surface area (Å²) in [6.45, 7) is 4.84. The summed E-state index contributed by atoms with van der Waals surface area (Å²) >= 11 is 0. The number of carbonyl (C=O) groups excluding carboxylic acids is 3. The van der Waals surface area contributed by atoms with E-state index in [1.807, 2.05) is 0 Å². The lowest BCUT2D eigenvalue weighted by Gasteiger charge is -2.10. The highest BCUT2D eigenvalue weighted by Gasteiger charge is 2.27. The first-order valence-electron chi connectivity index (χ1n) is 4.57. The largest absolute Gasteiger partial charge is 0.516 e. The highest BCUT2D eigenvalue weighted by molar-refractivity contribution is 6.05. The van der Waals surface area contributed by atoms with Crippen molar-refractivity contribution in [2.24, 2.45) is 11.7 Å². The molecule has 16 heavy (non-hydrogen) atoms. The zero-order valence-electron chi connectivity index (χ0n) is 9.39. The Kier molecular flexibility index (Phi) is 8.70. The zero-order valence-corrected chi connectivity index (χ0v) is 10.2. The number of rotatable bonds is 4. The van der Waals surface area contributed by atoms with Crippen LogP contribution in [-0.4, -0.2) is 30.6 Å². The van der Waals surface area contributed by atoms with Crippen LogP contribution in [0.5, 0.6) is 0 Å². The van der Waals surface area contributed by atoms with Gasteiger partial charge in [0, 0.05) is 5.92 Å². The van der Waals surface area contributed by atoms with E-state index in [0.29, 0.717) is 0 Å². The first-order chi connectivity index (χ1) is 6.90. The molecule has 0 bridgehead atoms. The summed E-state index contributed by atoms with van der Waals surface area (Å²) in [6, 6.07) is -1.44. The van der Waals surface area contributed by atoms with E-state index in [0.717, 1.165) is 0 Å². The third kappa shape index (κ3) is 5.67. The number of ether oxygens (including phenoxy) is 2. The molecule has 0 saturated carbocycles. The molecule has 0 aromatic carbocycles.